The standard InChI is InChI=1S/C5H7NO2/c1-6-4(7)2-3-5(6)8/h2-4,7H,1H3/t4-/m0/s1. The first-order chi connectivity index (χ1) is 3.72. The minimum Gasteiger partial charge on any atom is -0.370 e. The summed E-state index contributed by atoms with van der Waals surface area (Å²) in [5, 5.41) is 8.79. The van der Waals surface area contributed by atoms with Crippen LogP contribution in [0, 0.1) is 0 Å². The van der Waals surface area contributed by atoms with Gasteiger partial charge >= 0.3 is 0 Å². The summed E-state index contributed by atoms with van der Waals surface area (Å²) in [7, 11) is 1.55. The van der Waals surface area contributed by atoms with Crippen LogP contribution in [-0.2, 0) is 4.79 Å². The molecule has 0 spiro atoms. The van der Waals surface area contributed by atoms with Crippen LogP contribution in [0.4, 0.5) is 0 Å². The number of rotatable bonds is 0. The van der Waals surface area contributed by atoms with Gasteiger partial charge in [0.1, 0.15) is 6.23 Å². The van der Waals surface area contributed by atoms with Crippen LogP contribution in [0.1, 0.15) is 0 Å². The van der Waals surface area contributed by atoms with Crippen LogP contribution in [0.3, 0.4) is 0 Å². The van der Waals surface area contributed by atoms with Crippen LogP contribution >= 0.6 is 0 Å². The van der Waals surface area contributed by atoms with Gasteiger partial charge in [0, 0.05) is 13.1 Å². The van der Waals surface area contributed by atoms with Crippen LogP contribution in [0.5, 0.6) is 0 Å². The van der Waals surface area contributed by atoms with Crippen molar-refractivity contribution in [2.75, 3.05) is 7.05 Å². The van der Waals surface area contributed by atoms with Gasteiger partial charge in [-0.3, -0.25) is 4.79 Å². The largest absolute Gasteiger partial charge is 0.370 e. The molecule has 0 fully saturated rings. The Labute approximate surface area is 47.2 Å². The molecule has 3 heteroatoms. The molecule has 1 aliphatic heterocycles. The highest BCUT2D eigenvalue weighted by molar-refractivity contribution is 5.90. The predicted octanol–water partition coefficient (Wildman–Crippen LogP) is -0.667. The average molecular weight is 113 g/mol. The first-order valence-corrected chi connectivity index (χ1v) is 2.35. The van der Waals surface area contributed by atoms with Crippen molar-refractivity contribution in [3.05, 3.63) is 12.2 Å². The van der Waals surface area contributed by atoms with E-state index in [-0.39, 0.29) is 5.91 Å². The van der Waals surface area contributed by atoms with Crippen molar-refractivity contribution in [2.45, 2.75) is 6.23 Å². The maximum Gasteiger partial charge on any atom is 0.248 e. The third kappa shape index (κ3) is 0.607. The van der Waals surface area contributed by atoms with E-state index in [9.17, 15) is 4.79 Å². The molecule has 0 aromatic rings. The molecule has 1 N–H and O–H groups in total. The zero-order valence-electron chi connectivity index (χ0n) is 4.53. The SMILES string of the molecule is CN1C(=O)C=C[C@@H]1O. The van der Waals surface area contributed by atoms with Crippen LogP contribution in [0.15, 0.2) is 12.2 Å². The van der Waals surface area contributed by atoms with Gasteiger partial charge in [-0.1, -0.05) is 0 Å². The fraction of sp³-hybridized carbons (Fsp3) is 0.400. The second-order valence-electron chi connectivity index (χ2n) is 1.72. The Morgan fingerprint density at radius 2 is 2.50 bits per heavy atom. The maximum atomic E-state index is 10.5. The summed E-state index contributed by atoms with van der Waals surface area (Å²) in [6.07, 6.45) is 2.09. The highest BCUT2D eigenvalue weighted by atomic mass is 16.3. The van der Waals surface area contributed by atoms with Gasteiger partial charge in [0.25, 0.3) is 0 Å². The van der Waals surface area contributed by atoms with Crippen LogP contribution in [0.25, 0.3) is 0 Å². The average Bonchev–Trinajstić information content (AvgIpc) is 1.98. The zero-order chi connectivity index (χ0) is 6.15. The number of hydrogen-bond donors (Lipinski definition) is 1. The van der Waals surface area contributed by atoms with Crippen molar-refractivity contribution in [1.82, 2.24) is 4.90 Å². The summed E-state index contributed by atoms with van der Waals surface area (Å²) in [5.74, 6) is -0.141. The molecule has 3 nitrogen and oxygen atoms in total. The molecule has 0 aliphatic carbocycles. The van der Waals surface area contributed by atoms with E-state index in [0.29, 0.717) is 0 Å². The number of amides is 1. The Hall–Kier alpha value is -0.830. The van der Waals surface area contributed by atoms with Crippen LogP contribution < -0.4 is 0 Å². The number of nitrogens with zero attached hydrogens (tertiary/aromatic N) is 1. The summed E-state index contributed by atoms with van der Waals surface area (Å²) < 4.78 is 0. The molecule has 0 saturated carbocycles. The predicted molar refractivity (Wildman–Crippen MR) is 27.9 cm³/mol. The molecule has 1 amide bonds. The topological polar surface area (TPSA) is 40.5 Å². The Bertz CT molecular complexity index is 141. The normalized spacial score (nSPS) is 27.5. The van der Waals surface area contributed by atoms with Gasteiger partial charge in [0.05, 0.1) is 0 Å². The van der Waals surface area contributed by atoms with E-state index in [2.05, 4.69) is 0 Å². The molecule has 0 radical (unpaired) electrons. The number of aliphatic hydroxyl groups excluding tert-OH is 1. The first kappa shape index (κ1) is 5.31. The molecule has 0 unspecified atom stereocenters. The number of carbonyl (C=O) groups is 1. The number of hydrogen-bond acceptors (Lipinski definition) is 2. The summed E-state index contributed by atoms with van der Waals surface area (Å²) >= 11 is 0. The Morgan fingerprint density at radius 3 is 2.62 bits per heavy atom. The van der Waals surface area contributed by atoms with E-state index >= 15 is 0 Å². The lowest BCUT2D eigenvalue weighted by atomic mass is 10.5. The van der Waals surface area contributed by atoms with E-state index in [0.717, 1.165) is 0 Å². The fourth-order valence-corrected chi connectivity index (χ4v) is 0.545. The van der Waals surface area contributed by atoms with E-state index in [1.165, 1.54) is 17.1 Å². The second-order valence-corrected chi connectivity index (χ2v) is 1.72. The highest BCUT2D eigenvalue weighted by Crippen LogP contribution is 2.03. The van der Waals surface area contributed by atoms with E-state index in [1.54, 1.807) is 7.05 Å². The van der Waals surface area contributed by atoms with Crippen LogP contribution in [-0.4, -0.2) is 29.2 Å². The van der Waals surface area contributed by atoms with Gasteiger partial charge in [-0.25, -0.2) is 0 Å². The van der Waals surface area contributed by atoms with Gasteiger partial charge in [-0.05, 0) is 6.08 Å². The molecule has 1 aliphatic rings. The lowest BCUT2D eigenvalue weighted by molar-refractivity contribution is -0.128. The Kier molecular flexibility index (Phi) is 1.06. The molecular formula is C5H7NO2. The first-order valence-electron chi connectivity index (χ1n) is 2.35. The molecule has 0 saturated heterocycles. The molecular weight excluding hydrogens is 106 g/mol. The van der Waals surface area contributed by atoms with Crippen molar-refractivity contribution in [3.63, 3.8) is 0 Å². The quantitative estimate of drug-likeness (QED) is 0.452. The monoisotopic (exact) mass is 113 g/mol. The molecule has 1 heterocycles. The van der Waals surface area contributed by atoms with E-state index in [4.69, 9.17) is 5.11 Å². The Morgan fingerprint density at radius 1 is 1.88 bits per heavy atom. The maximum absolute atomic E-state index is 10.5. The van der Waals surface area contributed by atoms with Crippen molar-refractivity contribution < 1.29 is 9.90 Å². The van der Waals surface area contributed by atoms with Gasteiger partial charge in [0.15, 0.2) is 0 Å². The molecule has 0 aromatic carbocycles. The number of likely N-dealkylation sites (N-methyl/N-ethyl adjacent to an activating group) is 1. The summed E-state index contributed by atoms with van der Waals surface area (Å²) in [4.78, 5) is 11.7. The molecule has 0 bridgehead atoms. The molecule has 1 atom stereocenters. The minimum atomic E-state index is -0.706. The fourth-order valence-electron chi connectivity index (χ4n) is 0.545. The smallest absolute Gasteiger partial charge is 0.248 e. The molecule has 1 rings (SSSR count). The summed E-state index contributed by atoms with van der Waals surface area (Å²) in [6, 6.07) is 0. The molecule has 0 aromatic heterocycles. The molecule has 44 valence electrons. The highest BCUT2D eigenvalue weighted by Gasteiger charge is 2.17. The van der Waals surface area contributed by atoms with Gasteiger partial charge in [-0.15, -0.1) is 0 Å². The lowest BCUT2D eigenvalue weighted by Crippen LogP contribution is -2.28. The van der Waals surface area contributed by atoms with Crippen molar-refractivity contribution in [2.24, 2.45) is 0 Å². The summed E-state index contributed by atoms with van der Waals surface area (Å²) in [6.45, 7) is 0. The van der Waals surface area contributed by atoms with Gasteiger partial charge < -0.3 is 10.0 Å². The van der Waals surface area contributed by atoms with Gasteiger partial charge in [-0.2, -0.15) is 0 Å². The van der Waals surface area contributed by atoms with Crippen molar-refractivity contribution in [1.29, 1.82) is 0 Å². The molecule has 8 heavy (non-hydrogen) atoms. The third-order valence-electron chi connectivity index (χ3n) is 1.16. The Balaban J connectivity index is 2.69. The van der Waals surface area contributed by atoms with Crippen molar-refractivity contribution in [3.8, 4) is 0 Å². The lowest BCUT2D eigenvalue weighted by Gasteiger charge is -2.11. The van der Waals surface area contributed by atoms with Crippen LogP contribution in [0.2, 0.25) is 0 Å². The second kappa shape index (κ2) is 1.59. The van der Waals surface area contributed by atoms with E-state index < -0.39 is 6.23 Å². The van der Waals surface area contributed by atoms with E-state index in [1.807, 2.05) is 0 Å². The number of aliphatic hydroxyl groups is 1. The third-order valence-corrected chi connectivity index (χ3v) is 1.16. The summed E-state index contributed by atoms with van der Waals surface area (Å²) in [5.41, 5.74) is 0. The zero-order valence-corrected chi connectivity index (χ0v) is 4.53. The number of carbonyl (C=O) groups excluding carboxylic acids is 1. The van der Waals surface area contributed by atoms with Crippen molar-refractivity contribution >= 4 is 5.91 Å². The van der Waals surface area contributed by atoms with Gasteiger partial charge in [0.2, 0.25) is 5.91 Å². The minimum absolute atomic E-state index is 0.141.